The van der Waals surface area contributed by atoms with Crippen LogP contribution in [0.2, 0.25) is 0 Å². The molecule has 4 rings (SSSR count). The van der Waals surface area contributed by atoms with E-state index in [4.69, 9.17) is 24.5 Å². The Morgan fingerprint density at radius 1 is 1.06 bits per heavy atom. The van der Waals surface area contributed by atoms with Crippen LogP contribution in [-0.2, 0) is 9.84 Å². The lowest BCUT2D eigenvalue weighted by Crippen LogP contribution is -2.44. The molecule has 2 aliphatic rings. The van der Waals surface area contributed by atoms with Gasteiger partial charge >= 0.3 is 6.16 Å². The highest BCUT2D eigenvalue weighted by molar-refractivity contribution is 7.90. The average molecular weight is 526 g/mol. The van der Waals surface area contributed by atoms with Gasteiger partial charge in [-0.15, -0.1) is 0 Å². The molecule has 2 heterocycles. The number of carboxylic acid groups (broad SMARTS) is 2. The number of ether oxygens (including phenoxy) is 2. The Balaban J connectivity index is 0.000000840. The third-order valence-electron chi connectivity index (χ3n) is 6.38. The van der Waals surface area contributed by atoms with Crippen LogP contribution < -0.4 is 9.47 Å². The van der Waals surface area contributed by atoms with E-state index >= 15 is 0 Å². The Hall–Kier alpha value is -2.99. The van der Waals surface area contributed by atoms with Crippen molar-refractivity contribution in [3.05, 3.63) is 35.9 Å². The molecule has 1 aromatic carbocycles. The molecule has 0 spiro atoms. The number of carbonyl (C=O) groups is 1. The van der Waals surface area contributed by atoms with Crippen molar-refractivity contribution in [2.24, 2.45) is 0 Å². The van der Waals surface area contributed by atoms with Gasteiger partial charge in [0.25, 0.3) is 0 Å². The van der Waals surface area contributed by atoms with Crippen molar-refractivity contribution in [3.63, 3.8) is 0 Å². The fourth-order valence-electron chi connectivity index (χ4n) is 4.50. The van der Waals surface area contributed by atoms with Crippen molar-refractivity contribution in [3.8, 4) is 17.5 Å². The first-order valence-corrected chi connectivity index (χ1v) is 13.8. The molecule has 0 unspecified atom stereocenters. The lowest BCUT2D eigenvalue weighted by Gasteiger charge is -2.39. The van der Waals surface area contributed by atoms with Gasteiger partial charge in [0.2, 0.25) is 11.8 Å². The smallest absolute Gasteiger partial charge is 0.474 e. The van der Waals surface area contributed by atoms with Gasteiger partial charge in [0.05, 0.1) is 10.5 Å². The first-order chi connectivity index (χ1) is 17.0. The molecular formula is C24H32FN3O7S. The summed E-state index contributed by atoms with van der Waals surface area (Å²) in [5.74, 6) is -0.269. The molecule has 12 heteroatoms. The molecule has 36 heavy (non-hydrogen) atoms. The number of nitrogens with zero attached hydrogens (tertiary/aromatic N) is 3. The zero-order chi connectivity index (χ0) is 26.3. The van der Waals surface area contributed by atoms with Gasteiger partial charge in [0.1, 0.15) is 12.4 Å². The molecular weight excluding hydrogens is 493 g/mol. The van der Waals surface area contributed by atoms with Crippen LogP contribution in [0.3, 0.4) is 0 Å². The van der Waals surface area contributed by atoms with Crippen molar-refractivity contribution in [1.82, 2.24) is 14.9 Å². The monoisotopic (exact) mass is 525 g/mol. The first-order valence-electron chi connectivity index (χ1n) is 11.9. The highest BCUT2D eigenvalue weighted by atomic mass is 32.2. The van der Waals surface area contributed by atoms with E-state index in [1.165, 1.54) is 50.6 Å². The molecule has 2 N–H and O–H groups in total. The number of piperidine rings is 1. The van der Waals surface area contributed by atoms with Gasteiger partial charge in [0, 0.05) is 25.4 Å². The van der Waals surface area contributed by atoms with Gasteiger partial charge in [-0.1, -0.05) is 19.3 Å². The SMILES string of the molecule is Cc1c(Oc2ccc(S(C)(=O)=O)cc2F)ncnc1OC1CCN(C2CCCCC2)CC1.O=C(O)O. The van der Waals surface area contributed by atoms with Gasteiger partial charge in [-0.2, -0.15) is 0 Å². The summed E-state index contributed by atoms with van der Waals surface area (Å²) < 4.78 is 49.4. The van der Waals surface area contributed by atoms with E-state index in [1.807, 2.05) is 0 Å². The molecule has 1 saturated carbocycles. The highest BCUT2D eigenvalue weighted by Gasteiger charge is 2.28. The van der Waals surface area contributed by atoms with Crippen LogP contribution in [0.15, 0.2) is 29.4 Å². The van der Waals surface area contributed by atoms with Gasteiger partial charge in [-0.3, -0.25) is 0 Å². The summed E-state index contributed by atoms with van der Waals surface area (Å²) in [4.78, 5) is 19.4. The molecule has 198 valence electrons. The molecule has 1 aliphatic carbocycles. The maximum Gasteiger partial charge on any atom is 0.503 e. The predicted molar refractivity (Wildman–Crippen MR) is 129 cm³/mol. The van der Waals surface area contributed by atoms with Crippen LogP contribution in [0.4, 0.5) is 9.18 Å². The third kappa shape index (κ3) is 7.76. The van der Waals surface area contributed by atoms with Gasteiger partial charge in [-0.25, -0.2) is 27.6 Å². The van der Waals surface area contributed by atoms with Crippen LogP contribution in [0.1, 0.15) is 50.5 Å². The molecule has 0 bridgehead atoms. The second kappa shape index (κ2) is 12.3. The van der Waals surface area contributed by atoms with Crippen LogP contribution >= 0.6 is 0 Å². The molecule has 10 nitrogen and oxygen atoms in total. The molecule has 1 aromatic heterocycles. The fraction of sp³-hybridized carbons (Fsp3) is 0.542. The van der Waals surface area contributed by atoms with Gasteiger partial charge in [0.15, 0.2) is 21.4 Å². The third-order valence-corrected chi connectivity index (χ3v) is 7.49. The summed E-state index contributed by atoms with van der Waals surface area (Å²) in [5, 5.41) is 13.9. The number of hydrogen-bond donors (Lipinski definition) is 2. The fourth-order valence-corrected chi connectivity index (χ4v) is 5.14. The Morgan fingerprint density at radius 2 is 1.67 bits per heavy atom. The number of likely N-dealkylation sites (tertiary alicyclic amines) is 1. The summed E-state index contributed by atoms with van der Waals surface area (Å²) in [7, 11) is -3.50. The number of benzene rings is 1. The normalized spacial score (nSPS) is 17.6. The van der Waals surface area contributed by atoms with Crippen molar-refractivity contribution in [1.29, 1.82) is 0 Å². The largest absolute Gasteiger partial charge is 0.503 e. The lowest BCUT2D eigenvalue weighted by molar-refractivity contribution is 0.0602. The van der Waals surface area contributed by atoms with Crippen LogP contribution in [0.5, 0.6) is 17.5 Å². The molecule has 1 saturated heterocycles. The minimum absolute atomic E-state index is 0.0714. The zero-order valence-corrected chi connectivity index (χ0v) is 21.2. The summed E-state index contributed by atoms with van der Waals surface area (Å²) in [5.41, 5.74) is 0.578. The minimum Gasteiger partial charge on any atom is -0.474 e. The molecule has 2 fully saturated rings. The topological polar surface area (TPSA) is 139 Å². The van der Waals surface area contributed by atoms with E-state index < -0.39 is 21.8 Å². The van der Waals surface area contributed by atoms with E-state index in [0.717, 1.165) is 44.3 Å². The average Bonchev–Trinajstić information content (AvgIpc) is 2.83. The number of aromatic nitrogens is 2. The molecule has 1 aliphatic heterocycles. The van der Waals surface area contributed by atoms with E-state index in [1.54, 1.807) is 6.92 Å². The van der Waals surface area contributed by atoms with Gasteiger partial charge < -0.3 is 24.6 Å². The zero-order valence-electron chi connectivity index (χ0n) is 20.4. The van der Waals surface area contributed by atoms with E-state index in [-0.39, 0.29) is 22.6 Å². The quantitative estimate of drug-likeness (QED) is 0.553. The summed E-state index contributed by atoms with van der Waals surface area (Å²) >= 11 is 0. The Kier molecular flexibility index (Phi) is 9.43. The van der Waals surface area contributed by atoms with E-state index in [2.05, 4.69) is 14.9 Å². The Bertz CT molecular complexity index is 1140. The maximum absolute atomic E-state index is 14.4. The molecule has 0 radical (unpaired) electrons. The Labute approximate surface area is 210 Å². The number of halogens is 1. The first kappa shape index (κ1) is 27.6. The minimum atomic E-state index is -3.50. The molecule has 0 amide bonds. The summed E-state index contributed by atoms with van der Waals surface area (Å²) in [6, 6.07) is 4.25. The second-order valence-electron chi connectivity index (χ2n) is 9.00. The van der Waals surface area contributed by atoms with Crippen LogP contribution in [0.25, 0.3) is 0 Å². The summed E-state index contributed by atoms with van der Waals surface area (Å²) in [6.07, 6.45) is 9.12. The molecule has 0 atom stereocenters. The number of hydrogen-bond acceptors (Lipinski definition) is 8. The van der Waals surface area contributed by atoms with Crippen molar-refractivity contribution < 1.29 is 37.3 Å². The van der Waals surface area contributed by atoms with Crippen LogP contribution in [0, 0.1) is 12.7 Å². The highest BCUT2D eigenvalue weighted by Crippen LogP contribution is 2.32. The second-order valence-corrected chi connectivity index (χ2v) is 11.0. The van der Waals surface area contributed by atoms with E-state index in [0.29, 0.717) is 11.4 Å². The van der Waals surface area contributed by atoms with E-state index in [9.17, 15) is 12.8 Å². The number of rotatable bonds is 6. The molecule has 2 aromatic rings. The van der Waals surface area contributed by atoms with Crippen molar-refractivity contribution in [2.75, 3.05) is 19.3 Å². The Morgan fingerprint density at radius 3 is 2.25 bits per heavy atom. The van der Waals surface area contributed by atoms with Crippen molar-refractivity contribution >= 4 is 16.0 Å². The summed E-state index contributed by atoms with van der Waals surface area (Å²) in [6.45, 7) is 3.83. The number of sulfone groups is 1. The standard InChI is InChI=1S/C23H30FN3O4S.CH2O3/c1-16-22(30-18-10-12-27(13-11-18)17-6-4-3-5-7-17)25-15-26-23(16)31-21-9-8-19(14-20(21)24)32(2,28)29;2-1(3)4/h8-9,14-15,17-18H,3-7,10-13H2,1-2H3;(H2,2,3,4). The van der Waals surface area contributed by atoms with Crippen LogP contribution in [-0.4, -0.2) is 71.1 Å². The lowest BCUT2D eigenvalue weighted by atomic mass is 9.92. The predicted octanol–water partition coefficient (Wildman–Crippen LogP) is 4.52. The van der Waals surface area contributed by atoms with Crippen molar-refractivity contribution in [2.45, 2.75) is 68.9 Å². The van der Waals surface area contributed by atoms with Gasteiger partial charge in [-0.05, 0) is 50.8 Å². The maximum atomic E-state index is 14.4.